The van der Waals surface area contributed by atoms with Crippen molar-refractivity contribution < 1.29 is 31.3 Å². The van der Waals surface area contributed by atoms with Crippen LogP contribution in [0, 0.1) is 0 Å². The second-order valence-electron chi connectivity index (χ2n) is 6.82. The summed E-state index contributed by atoms with van der Waals surface area (Å²) in [5, 5.41) is 0. The SMILES string of the molecule is CCCCCCCCCCCCCCOOS(=O)(=O)OCCOCCOCC. The van der Waals surface area contributed by atoms with Crippen molar-refractivity contribution in [2.45, 2.75) is 90.9 Å². The monoisotopic (exact) mass is 426 g/mol. The molecule has 0 amide bonds. The number of hydrogen-bond acceptors (Lipinski definition) is 7. The molecule has 0 rings (SSSR count). The van der Waals surface area contributed by atoms with Crippen LogP contribution < -0.4 is 0 Å². The second-order valence-corrected chi connectivity index (χ2v) is 8.01. The Balaban J connectivity index is 3.29. The van der Waals surface area contributed by atoms with Crippen molar-refractivity contribution in [3.05, 3.63) is 0 Å². The molecule has 8 heteroatoms. The molecular formula is C20H42O7S. The van der Waals surface area contributed by atoms with Gasteiger partial charge in [0, 0.05) is 6.61 Å². The molecule has 0 aromatic carbocycles. The Morgan fingerprint density at radius 1 is 0.571 bits per heavy atom. The zero-order chi connectivity index (χ0) is 20.8. The molecule has 0 saturated carbocycles. The molecule has 0 heterocycles. The molecule has 0 aliphatic heterocycles. The Morgan fingerprint density at radius 3 is 1.64 bits per heavy atom. The van der Waals surface area contributed by atoms with Gasteiger partial charge in [0.2, 0.25) is 0 Å². The summed E-state index contributed by atoms with van der Waals surface area (Å²) < 4.78 is 42.1. The van der Waals surface area contributed by atoms with Crippen LogP contribution in [-0.2, 0) is 33.3 Å². The first-order valence-electron chi connectivity index (χ1n) is 11.0. The van der Waals surface area contributed by atoms with Crippen molar-refractivity contribution >= 4 is 10.4 Å². The van der Waals surface area contributed by atoms with Gasteiger partial charge < -0.3 is 9.47 Å². The fourth-order valence-electron chi connectivity index (χ4n) is 2.67. The highest BCUT2D eigenvalue weighted by Crippen LogP contribution is 2.12. The summed E-state index contributed by atoms with van der Waals surface area (Å²) in [6.45, 7) is 5.90. The van der Waals surface area contributed by atoms with Crippen molar-refractivity contribution in [2.24, 2.45) is 0 Å². The molecule has 28 heavy (non-hydrogen) atoms. The van der Waals surface area contributed by atoms with Gasteiger partial charge in [-0.25, -0.2) is 9.07 Å². The van der Waals surface area contributed by atoms with E-state index in [0.717, 1.165) is 19.3 Å². The molecular weight excluding hydrogens is 384 g/mol. The third-order valence-corrected chi connectivity index (χ3v) is 4.96. The lowest BCUT2D eigenvalue weighted by molar-refractivity contribution is -0.210. The topological polar surface area (TPSA) is 80.3 Å². The summed E-state index contributed by atoms with van der Waals surface area (Å²) in [6, 6.07) is 0. The van der Waals surface area contributed by atoms with Gasteiger partial charge in [-0.2, -0.15) is 8.42 Å². The lowest BCUT2D eigenvalue weighted by atomic mass is 10.1. The molecule has 0 fully saturated rings. The van der Waals surface area contributed by atoms with Gasteiger partial charge in [-0.3, -0.25) is 0 Å². The van der Waals surface area contributed by atoms with Gasteiger partial charge in [-0.05, 0) is 13.3 Å². The minimum Gasteiger partial charge on any atom is -0.379 e. The molecule has 0 N–H and O–H groups in total. The number of unbranched alkanes of at least 4 members (excludes halogenated alkanes) is 11. The number of ether oxygens (including phenoxy) is 2. The van der Waals surface area contributed by atoms with Gasteiger partial charge in [0.1, 0.15) is 0 Å². The summed E-state index contributed by atoms with van der Waals surface area (Å²) in [4.78, 5) is 4.73. The molecule has 0 saturated heterocycles. The molecule has 0 aliphatic rings. The molecule has 7 nitrogen and oxygen atoms in total. The maximum Gasteiger partial charge on any atom is 0.426 e. The highest BCUT2D eigenvalue weighted by Gasteiger charge is 2.13. The van der Waals surface area contributed by atoms with Gasteiger partial charge in [0.25, 0.3) is 0 Å². The molecule has 170 valence electrons. The predicted octanol–water partition coefficient (Wildman–Crippen LogP) is 4.95. The highest BCUT2D eigenvalue weighted by molar-refractivity contribution is 7.81. The lowest BCUT2D eigenvalue weighted by Gasteiger charge is -2.06. The van der Waals surface area contributed by atoms with E-state index in [1.54, 1.807) is 0 Å². The maximum absolute atomic E-state index is 11.4. The molecule has 0 aliphatic carbocycles. The van der Waals surface area contributed by atoms with E-state index in [0.29, 0.717) is 19.8 Å². The largest absolute Gasteiger partial charge is 0.426 e. The predicted molar refractivity (Wildman–Crippen MR) is 110 cm³/mol. The Bertz CT molecular complexity index is 401. The van der Waals surface area contributed by atoms with Crippen LogP contribution in [0.3, 0.4) is 0 Å². The van der Waals surface area contributed by atoms with Crippen LogP contribution in [0.25, 0.3) is 0 Å². The van der Waals surface area contributed by atoms with Crippen molar-refractivity contribution in [3.63, 3.8) is 0 Å². The van der Waals surface area contributed by atoms with Crippen LogP contribution in [0.1, 0.15) is 90.9 Å². The zero-order valence-electron chi connectivity index (χ0n) is 18.0. The van der Waals surface area contributed by atoms with Gasteiger partial charge in [0.05, 0.1) is 33.0 Å². The summed E-state index contributed by atoms with van der Waals surface area (Å²) in [6.07, 6.45) is 14.9. The zero-order valence-corrected chi connectivity index (χ0v) is 18.8. The van der Waals surface area contributed by atoms with E-state index in [-0.39, 0.29) is 19.8 Å². The van der Waals surface area contributed by atoms with Crippen LogP contribution in [0.5, 0.6) is 0 Å². The quantitative estimate of drug-likeness (QED) is 0.130. The Hall–Kier alpha value is -0.250. The summed E-state index contributed by atoms with van der Waals surface area (Å²) in [5.74, 6) is 0. The molecule has 0 aromatic heterocycles. The Morgan fingerprint density at radius 2 is 1.07 bits per heavy atom. The van der Waals surface area contributed by atoms with E-state index in [4.69, 9.17) is 14.4 Å². The normalized spacial score (nSPS) is 11.9. The standard InChI is InChI=1S/C20H42O7S/c1-3-5-6-7-8-9-10-11-12-13-14-15-16-25-27-28(21,22)26-20-19-24-18-17-23-4-2/h3-20H2,1-2H3. The minimum absolute atomic E-state index is 0.115. The van der Waals surface area contributed by atoms with E-state index in [1.807, 2.05) is 6.92 Å². The van der Waals surface area contributed by atoms with Crippen LogP contribution in [0.2, 0.25) is 0 Å². The van der Waals surface area contributed by atoms with E-state index >= 15 is 0 Å². The van der Waals surface area contributed by atoms with Crippen molar-refractivity contribution in [2.75, 3.05) is 39.6 Å². The van der Waals surface area contributed by atoms with Gasteiger partial charge in [-0.15, -0.1) is 0 Å². The third-order valence-electron chi connectivity index (χ3n) is 4.24. The summed E-state index contributed by atoms with van der Waals surface area (Å²) in [7, 11) is -4.13. The van der Waals surface area contributed by atoms with Gasteiger partial charge >= 0.3 is 10.4 Å². The first-order valence-corrected chi connectivity index (χ1v) is 12.3. The van der Waals surface area contributed by atoms with Crippen LogP contribution in [-0.4, -0.2) is 48.1 Å². The maximum atomic E-state index is 11.4. The van der Waals surface area contributed by atoms with E-state index < -0.39 is 10.4 Å². The molecule has 0 bridgehead atoms. The average molecular weight is 427 g/mol. The smallest absolute Gasteiger partial charge is 0.379 e. The van der Waals surface area contributed by atoms with Crippen LogP contribution >= 0.6 is 0 Å². The summed E-state index contributed by atoms with van der Waals surface area (Å²) >= 11 is 0. The number of rotatable bonds is 23. The first kappa shape index (κ1) is 27.8. The van der Waals surface area contributed by atoms with Gasteiger partial charge in [0.15, 0.2) is 0 Å². The van der Waals surface area contributed by atoms with Gasteiger partial charge in [-0.1, -0.05) is 81.9 Å². The summed E-state index contributed by atoms with van der Waals surface area (Å²) in [5.41, 5.74) is 0. The fraction of sp³-hybridized carbons (Fsp3) is 1.00. The third kappa shape index (κ3) is 22.0. The van der Waals surface area contributed by atoms with Crippen molar-refractivity contribution in [3.8, 4) is 0 Å². The lowest BCUT2D eigenvalue weighted by Crippen LogP contribution is -2.16. The van der Waals surface area contributed by atoms with Crippen molar-refractivity contribution in [1.82, 2.24) is 0 Å². The second kappa shape index (κ2) is 21.5. The minimum atomic E-state index is -4.13. The average Bonchev–Trinajstić information content (AvgIpc) is 2.67. The molecule has 0 atom stereocenters. The molecule has 0 unspecified atom stereocenters. The van der Waals surface area contributed by atoms with E-state index in [1.165, 1.54) is 57.8 Å². The molecule has 0 aromatic rings. The van der Waals surface area contributed by atoms with Crippen LogP contribution in [0.4, 0.5) is 0 Å². The van der Waals surface area contributed by atoms with Crippen LogP contribution in [0.15, 0.2) is 0 Å². The Kier molecular flexibility index (Phi) is 21.3. The fourth-order valence-corrected chi connectivity index (χ4v) is 3.17. The molecule has 0 radical (unpaired) electrons. The molecule has 0 spiro atoms. The van der Waals surface area contributed by atoms with E-state index in [2.05, 4.69) is 15.4 Å². The highest BCUT2D eigenvalue weighted by atomic mass is 32.3. The Labute approximate surface area is 172 Å². The number of hydrogen-bond donors (Lipinski definition) is 0. The first-order chi connectivity index (χ1) is 13.6. The van der Waals surface area contributed by atoms with Crippen molar-refractivity contribution in [1.29, 1.82) is 0 Å². The van der Waals surface area contributed by atoms with E-state index in [9.17, 15) is 8.42 Å².